The highest BCUT2D eigenvalue weighted by molar-refractivity contribution is 5.68. The van der Waals surface area contributed by atoms with E-state index in [1.54, 1.807) is 12.3 Å². The van der Waals surface area contributed by atoms with E-state index in [0.29, 0.717) is 24.5 Å². The highest BCUT2D eigenvalue weighted by Gasteiger charge is 2.08. The van der Waals surface area contributed by atoms with Crippen LogP contribution in [0.4, 0.5) is 15.8 Å². The van der Waals surface area contributed by atoms with Gasteiger partial charge in [0.05, 0.1) is 18.0 Å². The van der Waals surface area contributed by atoms with Gasteiger partial charge in [-0.1, -0.05) is 6.07 Å². The van der Waals surface area contributed by atoms with Crippen molar-refractivity contribution in [2.45, 2.75) is 13.3 Å². The quantitative estimate of drug-likeness (QED) is 0.796. The van der Waals surface area contributed by atoms with Gasteiger partial charge in [-0.2, -0.15) is 0 Å². The topological polar surface area (TPSA) is 60.2 Å². The molecule has 20 heavy (non-hydrogen) atoms. The Hall–Kier alpha value is -2.30. The van der Waals surface area contributed by atoms with Crippen molar-refractivity contribution in [1.29, 1.82) is 0 Å². The molecule has 0 atom stereocenters. The molecule has 2 aromatic rings. The van der Waals surface area contributed by atoms with Crippen molar-refractivity contribution in [3.05, 3.63) is 48.0 Å². The van der Waals surface area contributed by atoms with E-state index in [-0.39, 0.29) is 5.75 Å². The highest BCUT2D eigenvalue weighted by Crippen LogP contribution is 2.28. The van der Waals surface area contributed by atoms with E-state index in [2.05, 4.69) is 10.3 Å². The first kappa shape index (κ1) is 14.1. The number of nitrogen functional groups attached to an aromatic ring is 1. The Kier molecular flexibility index (Phi) is 4.76. The number of rotatable bonds is 6. The summed E-state index contributed by atoms with van der Waals surface area (Å²) in [7, 11) is 0. The van der Waals surface area contributed by atoms with Crippen LogP contribution < -0.4 is 15.8 Å². The zero-order chi connectivity index (χ0) is 14.4. The summed E-state index contributed by atoms with van der Waals surface area (Å²) >= 11 is 0. The maximum Gasteiger partial charge on any atom is 0.167 e. The molecule has 0 saturated heterocycles. The number of nitrogens with one attached hydrogen (secondary N) is 1. The predicted molar refractivity (Wildman–Crippen MR) is 78.4 cm³/mol. The Labute approximate surface area is 117 Å². The molecule has 0 saturated carbocycles. The molecule has 0 amide bonds. The number of anilines is 2. The first-order chi connectivity index (χ1) is 9.70. The van der Waals surface area contributed by atoms with Gasteiger partial charge in [0.2, 0.25) is 0 Å². The minimum absolute atomic E-state index is 0.210. The van der Waals surface area contributed by atoms with Crippen LogP contribution >= 0.6 is 0 Å². The van der Waals surface area contributed by atoms with Crippen LogP contribution in [0.2, 0.25) is 0 Å². The van der Waals surface area contributed by atoms with Crippen LogP contribution in [0, 0.1) is 5.82 Å². The summed E-state index contributed by atoms with van der Waals surface area (Å²) in [5.41, 5.74) is 7.82. The fourth-order valence-corrected chi connectivity index (χ4v) is 1.86. The normalized spacial score (nSPS) is 10.3. The molecule has 0 aliphatic rings. The number of nitrogens with two attached hydrogens (primary N) is 1. The molecule has 0 spiro atoms. The van der Waals surface area contributed by atoms with Gasteiger partial charge in [-0.15, -0.1) is 0 Å². The second-order valence-corrected chi connectivity index (χ2v) is 4.30. The average Bonchev–Trinajstić information content (AvgIpc) is 2.45. The molecular formula is C15H18FN3O. The largest absolute Gasteiger partial charge is 0.491 e. The van der Waals surface area contributed by atoms with Gasteiger partial charge in [-0.05, 0) is 19.1 Å². The molecular weight excluding hydrogens is 257 g/mol. The number of benzene rings is 1. The number of ether oxygens (including phenoxy) is 1. The third kappa shape index (κ3) is 3.60. The summed E-state index contributed by atoms with van der Waals surface area (Å²) in [5.74, 6) is -0.235. The summed E-state index contributed by atoms with van der Waals surface area (Å²) in [6.45, 7) is 2.89. The molecule has 5 heteroatoms. The Balaban J connectivity index is 2.00. The first-order valence-electron chi connectivity index (χ1n) is 6.56. The Morgan fingerprint density at radius 2 is 2.20 bits per heavy atom. The van der Waals surface area contributed by atoms with Gasteiger partial charge in [0.15, 0.2) is 11.6 Å². The summed E-state index contributed by atoms with van der Waals surface area (Å²) in [6.07, 6.45) is 2.52. The second kappa shape index (κ2) is 6.75. The lowest BCUT2D eigenvalue weighted by molar-refractivity contribution is 0.322. The Bertz CT molecular complexity index is 561. The third-order valence-corrected chi connectivity index (χ3v) is 2.83. The summed E-state index contributed by atoms with van der Waals surface area (Å²) < 4.78 is 18.8. The third-order valence-electron chi connectivity index (χ3n) is 2.83. The van der Waals surface area contributed by atoms with E-state index in [9.17, 15) is 4.39 Å². The average molecular weight is 275 g/mol. The summed E-state index contributed by atoms with van der Waals surface area (Å²) in [6, 6.07) is 8.65. The SMILES string of the molecule is CCOc1cc(NCCc2ccccn2)c(N)cc1F. The van der Waals surface area contributed by atoms with Crippen LogP contribution in [-0.4, -0.2) is 18.1 Å². The fourth-order valence-electron chi connectivity index (χ4n) is 1.86. The molecule has 0 aliphatic heterocycles. The smallest absolute Gasteiger partial charge is 0.167 e. The van der Waals surface area contributed by atoms with Crippen LogP contribution in [0.15, 0.2) is 36.5 Å². The first-order valence-corrected chi connectivity index (χ1v) is 6.56. The van der Waals surface area contributed by atoms with Gasteiger partial charge in [0, 0.05) is 37.0 Å². The molecule has 0 aliphatic carbocycles. The standard InChI is InChI=1S/C15H18FN3O/c1-2-20-15-10-14(13(17)9-12(15)16)19-8-6-11-5-3-4-7-18-11/h3-5,7,9-10,19H,2,6,8,17H2,1H3. The van der Waals surface area contributed by atoms with E-state index in [1.807, 2.05) is 25.1 Å². The number of nitrogens with zero attached hydrogens (tertiary/aromatic N) is 1. The summed E-state index contributed by atoms with van der Waals surface area (Å²) in [4.78, 5) is 4.24. The molecule has 1 aromatic heterocycles. The van der Waals surface area contributed by atoms with Crippen molar-refractivity contribution < 1.29 is 9.13 Å². The van der Waals surface area contributed by atoms with Crippen molar-refractivity contribution in [3.8, 4) is 5.75 Å². The fraction of sp³-hybridized carbons (Fsp3) is 0.267. The molecule has 1 heterocycles. The Morgan fingerprint density at radius 3 is 2.90 bits per heavy atom. The molecule has 106 valence electrons. The maximum absolute atomic E-state index is 13.6. The van der Waals surface area contributed by atoms with Gasteiger partial charge in [0.25, 0.3) is 0 Å². The van der Waals surface area contributed by atoms with Gasteiger partial charge in [-0.25, -0.2) is 4.39 Å². The highest BCUT2D eigenvalue weighted by atomic mass is 19.1. The van der Waals surface area contributed by atoms with E-state index in [4.69, 9.17) is 10.5 Å². The molecule has 0 fully saturated rings. The van der Waals surface area contributed by atoms with Crippen LogP contribution in [0.25, 0.3) is 0 Å². The monoisotopic (exact) mass is 275 g/mol. The lowest BCUT2D eigenvalue weighted by Crippen LogP contribution is -2.08. The van der Waals surface area contributed by atoms with Crippen molar-refractivity contribution in [2.24, 2.45) is 0 Å². The zero-order valence-electron chi connectivity index (χ0n) is 11.4. The van der Waals surface area contributed by atoms with Crippen LogP contribution in [0.5, 0.6) is 5.75 Å². The summed E-state index contributed by atoms with van der Waals surface area (Å²) in [5, 5.41) is 3.18. The molecule has 1 aromatic carbocycles. The van der Waals surface area contributed by atoms with Crippen molar-refractivity contribution >= 4 is 11.4 Å². The van der Waals surface area contributed by atoms with E-state index in [0.717, 1.165) is 12.1 Å². The number of halogens is 1. The van der Waals surface area contributed by atoms with E-state index < -0.39 is 5.82 Å². The minimum atomic E-state index is -0.445. The molecule has 4 nitrogen and oxygen atoms in total. The van der Waals surface area contributed by atoms with Crippen molar-refractivity contribution in [3.63, 3.8) is 0 Å². The lowest BCUT2D eigenvalue weighted by atomic mass is 10.2. The number of pyridine rings is 1. The number of hydrogen-bond acceptors (Lipinski definition) is 4. The minimum Gasteiger partial charge on any atom is -0.491 e. The van der Waals surface area contributed by atoms with Gasteiger partial charge in [0.1, 0.15) is 0 Å². The van der Waals surface area contributed by atoms with Crippen LogP contribution in [0.3, 0.4) is 0 Å². The van der Waals surface area contributed by atoms with Gasteiger partial charge < -0.3 is 15.8 Å². The molecule has 0 radical (unpaired) electrons. The van der Waals surface area contributed by atoms with Gasteiger partial charge in [-0.3, -0.25) is 4.98 Å². The number of aromatic nitrogens is 1. The zero-order valence-corrected chi connectivity index (χ0v) is 11.4. The van der Waals surface area contributed by atoms with E-state index >= 15 is 0 Å². The van der Waals surface area contributed by atoms with Gasteiger partial charge >= 0.3 is 0 Å². The second-order valence-electron chi connectivity index (χ2n) is 4.30. The molecule has 2 rings (SSSR count). The lowest BCUT2D eigenvalue weighted by Gasteiger charge is -2.12. The molecule has 0 bridgehead atoms. The van der Waals surface area contributed by atoms with Crippen LogP contribution in [0.1, 0.15) is 12.6 Å². The predicted octanol–water partition coefficient (Wildman–Crippen LogP) is 2.86. The Morgan fingerprint density at radius 1 is 1.35 bits per heavy atom. The van der Waals surface area contributed by atoms with E-state index in [1.165, 1.54) is 6.07 Å². The van der Waals surface area contributed by atoms with Crippen molar-refractivity contribution in [1.82, 2.24) is 4.98 Å². The number of hydrogen-bond donors (Lipinski definition) is 2. The molecule has 3 N–H and O–H groups in total. The van der Waals surface area contributed by atoms with Crippen molar-refractivity contribution in [2.75, 3.05) is 24.2 Å². The maximum atomic E-state index is 13.6. The van der Waals surface area contributed by atoms with Crippen LogP contribution in [-0.2, 0) is 6.42 Å². The molecule has 0 unspecified atom stereocenters.